The molecule has 3 heteroatoms. The van der Waals surface area contributed by atoms with Gasteiger partial charge >= 0.3 is 0 Å². The fourth-order valence-corrected chi connectivity index (χ4v) is 6.12. The van der Waals surface area contributed by atoms with Crippen molar-refractivity contribution in [2.24, 2.45) is 22.7 Å². The summed E-state index contributed by atoms with van der Waals surface area (Å²) in [5.74, 6) is 1.19. The van der Waals surface area contributed by atoms with Crippen LogP contribution in [0.25, 0.3) is 0 Å². The standard InChI is InChI=1S/C21H23ClO2/c1-20-9-7-14(24)11-13(20)3-4-15-16-5-6-18(19(22)12-23)21(16,2)10-8-17(15)20/h7-9,11-12,15-16H,3-6,10H2,1-2H3/t15-,16-,20-,21-/m0/s1. The number of rotatable bonds is 1. The topological polar surface area (TPSA) is 34.1 Å². The lowest BCUT2D eigenvalue weighted by Gasteiger charge is -2.51. The minimum atomic E-state index is -0.0981. The Hall–Kier alpha value is -1.41. The summed E-state index contributed by atoms with van der Waals surface area (Å²) in [7, 11) is 0. The smallest absolute Gasteiger partial charge is 0.178 e. The zero-order chi connectivity index (χ0) is 17.1. The first-order valence-corrected chi connectivity index (χ1v) is 9.27. The van der Waals surface area contributed by atoms with E-state index in [4.69, 9.17) is 11.6 Å². The molecule has 0 aromatic heterocycles. The maximum Gasteiger partial charge on any atom is 0.178 e. The third kappa shape index (κ3) is 2.02. The molecule has 0 radical (unpaired) electrons. The summed E-state index contributed by atoms with van der Waals surface area (Å²) >= 11 is 6.24. The number of aldehydes is 1. The van der Waals surface area contributed by atoms with E-state index < -0.39 is 0 Å². The monoisotopic (exact) mass is 342 g/mol. The van der Waals surface area contributed by atoms with Crippen LogP contribution in [0.15, 0.2) is 46.1 Å². The highest BCUT2D eigenvalue weighted by Gasteiger charge is 2.54. The first-order valence-electron chi connectivity index (χ1n) is 8.89. The average molecular weight is 343 g/mol. The first kappa shape index (κ1) is 16.1. The number of fused-ring (bicyclic) bond motifs is 5. The van der Waals surface area contributed by atoms with Crippen LogP contribution < -0.4 is 0 Å². The van der Waals surface area contributed by atoms with Crippen LogP contribution in [0.1, 0.15) is 46.0 Å². The summed E-state index contributed by atoms with van der Waals surface area (Å²) in [6.45, 7) is 4.54. The lowest BCUT2D eigenvalue weighted by Crippen LogP contribution is -2.42. The molecular weight excluding hydrogens is 320 g/mol. The summed E-state index contributed by atoms with van der Waals surface area (Å²) in [6, 6.07) is 0. The fraction of sp³-hybridized carbons (Fsp3) is 0.524. The third-order valence-electron chi connectivity index (χ3n) is 7.12. The van der Waals surface area contributed by atoms with Crippen molar-refractivity contribution in [3.05, 3.63) is 46.1 Å². The van der Waals surface area contributed by atoms with Crippen molar-refractivity contribution in [3.8, 4) is 0 Å². The highest BCUT2D eigenvalue weighted by Crippen LogP contribution is 2.64. The molecular formula is C21H23ClO2. The van der Waals surface area contributed by atoms with Gasteiger partial charge in [0.05, 0.1) is 5.03 Å². The summed E-state index contributed by atoms with van der Waals surface area (Å²) in [5, 5.41) is 0.419. The summed E-state index contributed by atoms with van der Waals surface area (Å²) < 4.78 is 0. The van der Waals surface area contributed by atoms with E-state index >= 15 is 0 Å². The highest BCUT2D eigenvalue weighted by molar-refractivity contribution is 6.39. The maximum absolute atomic E-state index is 11.8. The van der Waals surface area contributed by atoms with Crippen molar-refractivity contribution in [2.45, 2.75) is 46.0 Å². The SMILES string of the molecule is C[C@]12C=CC(=O)C=C1CC[C@@H]1C2=CC[C@]2(C)C(=C(Cl)C=O)CC[C@@H]12. The minimum Gasteiger partial charge on any atom is -0.297 e. The zero-order valence-electron chi connectivity index (χ0n) is 14.3. The second kappa shape index (κ2) is 5.29. The maximum atomic E-state index is 11.8. The Labute approximate surface area is 148 Å². The molecule has 126 valence electrons. The Morgan fingerprint density at radius 3 is 2.83 bits per heavy atom. The number of carbonyl (C=O) groups excluding carboxylic acids is 2. The van der Waals surface area contributed by atoms with Crippen molar-refractivity contribution in [1.82, 2.24) is 0 Å². The van der Waals surface area contributed by atoms with Gasteiger partial charge in [0.2, 0.25) is 0 Å². The molecule has 2 saturated carbocycles. The van der Waals surface area contributed by atoms with Gasteiger partial charge in [-0.15, -0.1) is 0 Å². The predicted molar refractivity (Wildman–Crippen MR) is 95.5 cm³/mol. The Bertz CT molecular complexity index is 754. The second-order valence-corrected chi connectivity index (χ2v) is 8.53. The van der Waals surface area contributed by atoms with E-state index in [-0.39, 0.29) is 16.6 Å². The Kier molecular flexibility index (Phi) is 3.55. The summed E-state index contributed by atoms with van der Waals surface area (Å²) in [5.41, 5.74) is 3.81. The average Bonchev–Trinajstić information content (AvgIpc) is 2.92. The number of allylic oxidation sites excluding steroid dienone is 8. The Balaban J connectivity index is 1.79. The Morgan fingerprint density at radius 1 is 1.29 bits per heavy atom. The van der Waals surface area contributed by atoms with E-state index in [2.05, 4.69) is 26.0 Å². The normalized spacial score (nSPS) is 42.5. The van der Waals surface area contributed by atoms with Gasteiger partial charge in [-0.05, 0) is 74.0 Å². The second-order valence-electron chi connectivity index (χ2n) is 8.12. The highest BCUT2D eigenvalue weighted by atomic mass is 35.5. The van der Waals surface area contributed by atoms with Gasteiger partial charge in [0.15, 0.2) is 12.1 Å². The third-order valence-corrected chi connectivity index (χ3v) is 7.44. The molecule has 0 spiro atoms. The number of carbonyl (C=O) groups is 2. The van der Waals surface area contributed by atoms with Crippen LogP contribution in [0, 0.1) is 22.7 Å². The van der Waals surface area contributed by atoms with Crippen LogP contribution in [0.4, 0.5) is 0 Å². The molecule has 0 amide bonds. The van der Waals surface area contributed by atoms with Crippen LogP contribution in [0.5, 0.6) is 0 Å². The van der Waals surface area contributed by atoms with E-state index in [1.165, 1.54) is 11.1 Å². The molecule has 0 aliphatic heterocycles. The van der Waals surface area contributed by atoms with Crippen molar-refractivity contribution in [2.75, 3.05) is 0 Å². The number of hydrogen-bond acceptors (Lipinski definition) is 2. The van der Waals surface area contributed by atoms with Gasteiger partial charge < -0.3 is 0 Å². The van der Waals surface area contributed by atoms with E-state index in [1.807, 2.05) is 6.08 Å². The molecule has 2 nitrogen and oxygen atoms in total. The van der Waals surface area contributed by atoms with E-state index in [1.54, 1.807) is 6.08 Å². The predicted octanol–water partition coefficient (Wildman–Crippen LogP) is 4.91. The molecule has 0 aromatic carbocycles. The van der Waals surface area contributed by atoms with Gasteiger partial charge in [-0.3, -0.25) is 9.59 Å². The molecule has 24 heavy (non-hydrogen) atoms. The van der Waals surface area contributed by atoms with Gasteiger partial charge in [-0.25, -0.2) is 0 Å². The van der Waals surface area contributed by atoms with Crippen molar-refractivity contribution < 1.29 is 9.59 Å². The quantitative estimate of drug-likeness (QED) is 0.385. The minimum absolute atomic E-state index is 0.0118. The Morgan fingerprint density at radius 2 is 2.08 bits per heavy atom. The summed E-state index contributed by atoms with van der Waals surface area (Å²) in [4.78, 5) is 23.0. The molecule has 0 saturated heterocycles. The molecule has 4 atom stereocenters. The fourth-order valence-electron chi connectivity index (χ4n) is 5.80. The van der Waals surface area contributed by atoms with Crippen LogP contribution in [-0.2, 0) is 9.59 Å². The van der Waals surface area contributed by atoms with E-state index in [0.717, 1.165) is 44.0 Å². The molecule has 4 aliphatic rings. The number of halogens is 1. The van der Waals surface area contributed by atoms with Crippen molar-refractivity contribution in [1.29, 1.82) is 0 Å². The van der Waals surface area contributed by atoms with Gasteiger partial charge in [0, 0.05) is 5.41 Å². The number of hydrogen-bond donors (Lipinski definition) is 0. The van der Waals surface area contributed by atoms with Crippen molar-refractivity contribution in [3.63, 3.8) is 0 Å². The number of ketones is 1. The lowest BCUT2D eigenvalue weighted by atomic mass is 9.53. The largest absolute Gasteiger partial charge is 0.297 e. The molecule has 0 bridgehead atoms. The summed E-state index contributed by atoms with van der Waals surface area (Å²) in [6.07, 6.45) is 13.9. The molecule has 0 heterocycles. The lowest BCUT2D eigenvalue weighted by molar-refractivity contribution is -0.110. The van der Waals surface area contributed by atoms with E-state index in [9.17, 15) is 9.59 Å². The van der Waals surface area contributed by atoms with E-state index in [0.29, 0.717) is 16.9 Å². The van der Waals surface area contributed by atoms with Crippen LogP contribution in [-0.4, -0.2) is 12.1 Å². The molecule has 2 fully saturated rings. The molecule has 0 unspecified atom stereocenters. The van der Waals surface area contributed by atoms with Gasteiger partial charge in [0.25, 0.3) is 0 Å². The van der Waals surface area contributed by atoms with Gasteiger partial charge in [-0.1, -0.05) is 41.8 Å². The first-order chi connectivity index (χ1) is 11.4. The van der Waals surface area contributed by atoms with Crippen LogP contribution >= 0.6 is 11.6 Å². The molecule has 4 aliphatic carbocycles. The molecule has 4 rings (SSSR count). The molecule has 0 N–H and O–H groups in total. The van der Waals surface area contributed by atoms with Gasteiger partial charge in [-0.2, -0.15) is 0 Å². The van der Waals surface area contributed by atoms with Crippen molar-refractivity contribution >= 4 is 23.7 Å². The van der Waals surface area contributed by atoms with Crippen LogP contribution in [0.3, 0.4) is 0 Å². The van der Waals surface area contributed by atoms with Crippen LogP contribution in [0.2, 0.25) is 0 Å². The van der Waals surface area contributed by atoms with Gasteiger partial charge in [0.1, 0.15) is 0 Å². The molecule has 0 aromatic rings. The zero-order valence-corrected chi connectivity index (χ0v) is 15.0.